The molecule has 7 nitrogen and oxygen atoms in total. The average molecular weight is 403 g/mol. The van der Waals surface area contributed by atoms with E-state index >= 15 is 0 Å². The third-order valence-corrected chi connectivity index (χ3v) is 4.76. The number of carbonyl (C=O) groups is 1. The van der Waals surface area contributed by atoms with Crippen LogP contribution >= 0.6 is 11.6 Å². The topological polar surface area (TPSA) is 78.3 Å². The Morgan fingerprint density at radius 2 is 2.11 bits per heavy atom. The van der Waals surface area contributed by atoms with E-state index in [1.54, 1.807) is 35.0 Å². The summed E-state index contributed by atoms with van der Waals surface area (Å²) in [5, 5.41) is 11.2. The Morgan fingerprint density at radius 1 is 1.32 bits per heavy atom. The molecule has 1 unspecified atom stereocenters. The summed E-state index contributed by atoms with van der Waals surface area (Å²) in [5.74, 6) is -0.203. The highest BCUT2D eigenvalue weighted by atomic mass is 35.5. The Balaban J connectivity index is 1.50. The second kappa shape index (κ2) is 7.57. The first kappa shape index (κ1) is 18.4. The van der Waals surface area contributed by atoms with Crippen molar-refractivity contribution in [2.45, 2.75) is 19.3 Å². The highest BCUT2D eigenvalue weighted by Crippen LogP contribution is 2.29. The van der Waals surface area contributed by atoms with Gasteiger partial charge in [-0.3, -0.25) is 4.79 Å². The lowest BCUT2D eigenvalue weighted by Crippen LogP contribution is -2.24. The number of rotatable bonds is 4. The van der Waals surface area contributed by atoms with Gasteiger partial charge < -0.3 is 14.8 Å². The summed E-state index contributed by atoms with van der Waals surface area (Å²) < 4.78 is 25.7. The van der Waals surface area contributed by atoms with Gasteiger partial charge in [0.25, 0.3) is 5.91 Å². The third kappa shape index (κ3) is 3.56. The van der Waals surface area contributed by atoms with E-state index in [1.807, 2.05) is 0 Å². The van der Waals surface area contributed by atoms with Crippen LogP contribution in [-0.4, -0.2) is 28.0 Å². The molecule has 0 saturated carbocycles. The lowest BCUT2D eigenvalue weighted by Gasteiger charge is -2.24. The van der Waals surface area contributed by atoms with Crippen LogP contribution in [-0.2, 0) is 17.9 Å². The van der Waals surface area contributed by atoms with Gasteiger partial charge in [-0.1, -0.05) is 28.9 Å². The van der Waals surface area contributed by atoms with E-state index < -0.39 is 5.91 Å². The Kier molecular flexibility index (Phi) is 4.97. The van der Waals surface area contributed by atoms with Crippen LogP contribution in [0.3, 0.4) is 0 Å². The molecule has 1 N–H and O–H groups in total. The molecule has 1 aliphatic rings. The maximum Gasteiger partial charge on any atom is 0.278 e. The molecular weight excluding hydrogens is 387 g/mol. The standard InChI is InChI=1S/C19H16ClFN4O3/c1-27-16-7-6-13(8-14(16)20)22-19(26)18-15-10-28-17(9-25(15)24-23-18)11-2-4-12(21)5-3-11/h2-8,17H,9-10H2,1H3,(H,22,26). The molecule has 28 heavy (non-hydrogen) atoms. The number of methoxy groups -OCH3 is 1. The van der Waals surface area contributed by atoms with Crippen molar-refractivity contribution < 1.29 is 18.7 Å². The Hall–Kier alpha value is -2.97. The quantitative estimate of drug-likeness (QED) is 0.721. The van der Waals surface area contributed by atoms with Gasteiger partial charge in [-0.05, 0) is 35.9 Å². The van der Waals surface area contributed by atoms with Crippen LogP contribution in [0.1, 0.15) is 27.8 Å². The van der Waals surface area contributed by atoms with E-state index in [1.165, 1.54) is 19.2 Å². The monoisotopic (exact) mass is 402 g/mol. The highest BCUT2D eigenvalue weighted by molar-refractivity contribution is 6.32. The van der Waals surface area contributed by atoms with Gasteiger partial charge in [0.2, 0.25) is 0 Å². The molecule has 0 aliphatic carbocycles. The molecule has 0 radical (unpaired) electrons. The number of nitrogens with zero attached hydrogens (tertiary/aromatic N) is 3. The molecule has 3 aromatic rings. The number of hydrogen-bond donors (Lipinski definition) is 1. The van der Waals surface area contributed by atoms with Gasteiger partial charge in [-0.25, -0.2) is 9.07 Å². The van der Waals surface area contributed by atoms with Crippen LogP contribution in [0.4, 0.5) is 10.1 Å². The molecule has 4 rings (SSSR count). The zero-order chi connectivity index (χ0) is 19.7. The van der Waals surface area contributed by atoms with Gasteiger partial charge in [0.15, 0.2) is 5.69 Å². The minimum Gasteiger partial charge on any atom is -0.495 e. The van der Waals surface area contributed by atoms with Crippen molar-refractivity contribution in [3.8, 4) is 5.75 Å². The van der Waals surface area contributed by atoms with E-state index in [-0.39, 0.29) is 24.2 Å². The largest absolute Gasteiger partial charge is 0.495 e. The smallest absolute Gasteiger partial charge is 0.278 e. The molecule has 1 aliphatic heterocycles. The van der Waals surface area contributed by atoms with Crippen molar-refractivity contribution in [2.75, 3.05) is 12.4 Å². The molecule has 0 bridgehead atoms. The van der Waals surface area contributed by atoms with E-state index in [0.717, 1.165) is 5.56 Å². The van der Waals surface area contributed by atoms with Gasteiger partial charge in [0, 0.05) is 5.69 Å². The minimum absolute atomic E-state index is 0.168. The van der Waals surface area contributed by atoms with Gasteiger partial charge in [0.05, 0.1) is 31.0 Å². The first-order chi connectivity index (χ1) is 13.5. The first-order valence-electron chi connectivity index (χ1n) is 8.49. The van der Waals surface area contributed by atoms with E-state index in [9.17, 15) is 9.18 Å². The average Bonchev–Trinajstić information content (AvgIpc) is 3.12. The van der Waals surface area contributed by atoms with E-state index in [2.05, 4.69) is 15.6 Å². The molecular formula is C19H16ClFN4O3. The van der Waals surface area contributed by atoms with Crippen molar-refractivity contribution in [1.29, 1.82) is 0 Å². The summed E-state index contributed by atoms with van der Waals surface area (Å²) in [6.07, 6.45) is -0.286. The van der Waals surface area contributed by atoms with Crippen LogP contribution in [0.2, 0.25) is 5.02 Å². The Bertz CT molecular complexity index is 1020. The number of hydrogen-bond acceptors (Lipinski definition) is 5. The Labute approximate surface area is 165 Å². The molecule has 0 fully saturated rings. The molecule has 0 saturated heterocycles. The molecule has 2 heterocycles. The van der Waals surface area contributed by atoms with Crippen LogP contribution < -0.4 is 10.1 Å². The number of anilines is 1. The predicted octanol–water partition coefficient (Wildman–Crippen LogP) is 3.60. The first-order valence-corrected chi connectivity index (χ1v) is 8.87. The number of fused-ring (bicyclic) bond motifs is 1. The fourth-order valence-corrected chi connectivity index (χ4v) is 3.26. The molecule has 2 aromatic carbocycles. The molecule has 9 heteroatoms. The fraction of sp³-hybridized carbons (Fsp3) is 0.211. The normalized spacial score (nSPS) is 15.8. The number of aromatic nitrogens is 3. The second-order valence-electron chi connectivity index (χ2n) is 6.22. The number of ether oxygens (including phenoxy) is 2. The van der Waals surface area contributed by atoms with Crippen LogP contribution in [0.25, 0.3) is 0 Å². The summed E-state index contributed by atoms with van der Waals surface area (Å²) in [4.78, 5) is 12.6. The van der Waals surface area contributed by atoms with Crippen LogP contribution in [0.15, 0.2) is 42.5 Å². The maximum atomic E-state index is 13.1. The SMILES string of the molecule is COc1ccc(NC(=O)c2nnn3c2COC(c2ccc(F)cc2)C3)cc1Cl. The highest BCUT2D eigenvalue weighted by Gasteiger charge is 2.27. The third-order valence-electron chi connectivity index (χ3n) is 4.46. The van der Waals surface area contributed by atoms with Crippen LogP contribution in [0, 0.1) is 5.82 Å². The maximum absolute atomic E-state index is 13.1. The summed E-state index contributed by atoms with van der Waals surface area (Å²) in [5.41, 5.74) is 2.11. The molecule has 1 amide bonds. The van der Waals surface area contributed by atoms with Crippen molar-refractivity contribution in [2.24, 2.45) is 0 Å². The van der Waals surface area contributed by atoms with E-state index in [4.69, 9.17) is 21.1 Å². The number of amides is 1. The van der Waals surface area contributed by atoms with Gasteiger partial charge in [-0.15, -0.1) is 5.10 Å². The van der Waals surface area contributed by atoms with Crippen molar-refractivity contribution >= 4 is 23.2 Å². The van der Waals surface area contributed by atoms with Gasteiger partial charge in [-0.2, -0.15) is 0 Å². The molecule has 1 aromatic heterocycles. The van der Waals surface area contributed by atoms with E-state index in [0.29, 0.717) is 28.7 Å². The fourth-order valence-electron chi connectivity index (χ4n) is 3.00. The van der Waals surface area contributed by atoms with Gasteiger partial charge >= 0.3 is 0 Å². The summed E-state index contributed by atoms with van der Waals surface area (Å²) in [7, 11) is 1.52. The summed E-state index contributed by atoms with van der Waals surface area (Å²) in [6, 6.07) is 11.0. The molecule has 144 valence electrons. The lowest BCUT2D eigenvalue weighted by atomic mass is 10.1. The van der Waals surface area contributed by atoms with Crippen molar-refractivity contribution in [3.05, 3.63) is 70.3 Å². The summed E-state index contributed by atoms with van der Waals surface area (Å²) in [6.45, 7) is 0.552. The lowest BCUT2D eigenvalue weighted by molar-refractivity contribution is -0.00174. The Morgan fingerprint density at radius 3 is 2.82 bits per heavy atom. The molecule has 1 atom stereocenters. The zero-order valence-corrected chi connectivity index (χ0v) is 15.6. The predicted molar refractivity (Wildman–Crippen MR) is 99.9 cm³/mol. The number of halogens is 2. The van der Waals surface area contributed by atoms with Crippen molar-refractivity contribution in [3.63, 3.8) is 0 Å². The van der Waals surface area contributed by atoms with Crippen LogP contribution in [0.5, 0.6) is 5.75 Å². The number of nitrogens with one attached hydrogen (secondary N) is 1. The second-order valence-corrected chi connectivity index (χ2v) is 6.63. The number of benzene rings is 2. The molecule has 0 spiro atoms. The van der Waals surface area contributed by atoms with Gasteiger partial charge in [0.1, 0.15) is 17.7 Å². The minimum atomic E-state index is -0.411. The zero-order valence-electron chi connectivity index (χ0n) is 14.9. The van der Waals surface area contributed by atoms with Crippen molar-refractivity contribution in [1.82, 2.24) is 15.0 Å². The summed E-state index contributed by atoms with van der Waals surface area (Å²) >= 11 is 6.09. The number of carbonyl (C=O) groups excluding carboxylic acids is 1.